The van der Waals surface area contributed by atoms with Gasteiger partial charge in [0.1, 0.15) is 17.7 Å². The van der Waals surface area contributed by atoms with Crippen molar-refractivity contribution in [1.82, 2.24) is 0 Å². The number of methoxy groups -OCH3 is 3. The fourth-order valence-corrected chi connectivity index (χ4v) is 2.12. The first-order chi connectivity index (χ1) is 10.1. The van der Waals surface area contributed by atoms with Crippen molar-refractivity contribution in [3.63, 3.8) is 0 Å². The van der Waals surface area contributed by atoms with Crippen LogP contribution in [0.4, 0.5) is 4.39 Å². The van der Waals surface area contributed by atoms with Gasteiger partial charge in [-0.05, 0) is 35.9 Å². The maximum Gasteiger partial charge on any atom is 0.161 e. The maximum absolute atomic E-state index is 13.4. The fraction of sp³-hybridized carbons (Fsp3) is 0.250. The number of rotatable bonds is 5. The standard InChI is InChI=1S/C16H17FO4/c1-19-13-7-5-11(17)9-12(13)16(18)10-4-6-14(20-2)15(8-10)21-3/h4-9,16,18H,1-3H3. The van der Waals surface area contributed by atoms with E-state index < -0.39 is 11.9 Å². The number of aliphatic hydroxyl groups excluding tert-OH is 1. The molecule has 0 radical (unpaired) electrons. The van der Waals surface area contributed by atoms with Crippen LogP contribution < -0.4 is 14.2 Å². The van der Waals surface area contributed by atoms with Crippen molar-refractivity contribution in [2.24, 2.45) is 0 Å². The van der Waals surface area contributed by atoms with Gasteiger partial charge in [0.25, 0.3) is 0 Å². The highest BCUT2D eigenvalue weighted by Crippen LogP contribution is 2.35. The summed E-state index contributed by atoms with van der Waals surface area (Å²) >= 11 is 0. The van der Waals surface area contributed by atoms with Crippen molar-refractivity contribution < 1.29 is 23.7 Å². The van der Waals surface area contributed by atoms with Crippen LogP contribution in [-0.2, 0) is 0 Å². The third kappa shape index (κ3) is 3.08. The Bertz CT molecular complexity index is 628. The van der Waals surface area contributed by atoms with Crippen molar-refractivity contribution in [2.45, 2.75) is 6.10 Å². The zero-order chi connectivity index (χ0) is 15.4. The van der Waals surface area contributed by atoms with E-state index in [9.17, 15) is 9.50 Å². The van der Waals surface area contributed by atoms with Crippen LogP contribution in [0.3, 0.4) is 0 Å². The van der Waals surface area contributed by atoms with E-state index in [-0.39, 0.29) is 0 Å². The molecule has 21 heavy (non-hydrogen) atoms. The number of ether oxygens (including phenoxy) is 3. The molecule has 0 heterocycles. The topological polar surface area (TPSA) is 47.9 Å². The number of aliphatic hydroxyl groups is 1. The summed E-state index contributed by atoms with van der Waals surface area (Å²) in [7, 11) is 4.51. The molecule has 0 aromatic heterocycles. The van der Waals surface area contributed by atoms with E-state index >= 15 is 0 Å². The third-order valence-electron chi connectivity index (χ3n) is 3.21. The molecule has 0 amide bonds. The summed E-state index contributed by atoms with van der Waals surface area (Å²) in [5.74, 6) is 1.02. The molecule has 0 saturated carbocycles. The minimum atomic E-state index is -1.03. The van der Waals surface area contributed by atoms with Gasteiger partial charge in [0.15, 0.2) is 11.5 Å². The zero-order valence-electron chi connectivity index (χ0n) is 12.1. The fourth-order valence-electron chi connectivity index (χ4n) is 2.12. The van der Waals surface area contributed by atoms with Crippen LogP contribution >= 0.6 is 0 Å². The van der Waals surface area contributed by atoms with Crippen molar-refractivity contribution in [2.75, 3.05) is 21.3 Å². The number of benzene rings is 2. The summed E-state index contributed by atoms with van der Waals surface area (Å²) in [6.45, 7) is 0. The first kappa shape index (κ1) is 15.1. The highest BCUT2D eigenvalue weighted by molar-refractivity contribution is 5.47. The minimum Gasteiger partial charge on any atom is -0.496 e. The molecule has 4 nitrogen and oxygen atoms in total. The maximum atomic E-state index is 13.4. The smallest absolute Gasteiger partial charge is 0.161 e. The summed E-state index contributed by atoms with van der Waals surface area (Å²) in [5, 5.41) is 10.5. The summed E-state index contributed by atoms with van der Waals surface area (Å²) in [4.78, 5) is 0. The number of halogens is 1. The molecule has 5 heteroatoms. The average Bonchev–Trinajstić information content (AvgIpc) is 2.53. The minimum absolute atomic E-state index is 0.352. The molecule has 1 unspecified atom stereocenters. The summed E-state index contributed by atoms with van der Waals surface area (Å²) < 4.78 is 28.9. The lowest BCUT2D eigenvalue weighted by molar-refractivity contribution is 0.213. The van der Waals surface area contributed by atoms with Gasteiger partial charge in [-0.1, -0.05) is 6.07 Å². The van der Waals surface area contributed by atoms with Crippen LogP contribution in [0.5, 0.6) is 17.2 Å². The van der Waals surface area contributed by atoms with E-state index in [2.05, 4.69) is 0 Å². The lowest BCUT2D eigenvalue weighted by Gasteiger charge is -2.17. The van der Waals surface area contributed by atoms with Gasteiger partial charge in [0.05, 0.1) is 21.3 Å². The van der Waals surface area contributed by atoms with Gasteiger partial charge >= 0.3 is 0 Å². The van der Waals surface area contributed by atoms with Gasteiger partial charge in [-0.15, -0.1) is 0 Å². The Morgan fingerprint density at radius 1 is 0.857 bits per heavy atom. The van der Waals surface area contributed by atoms with Crippen LogP contribution in [0.25, 0.3) is 0 Å². The highest BCUT2D eigenvalue weighted by Gasteiger charge is 2.18. The second kappa shape index (κ2) is 6.45. The lowest BCUT2D eigenvalue weighted by atomic mass is 10.00. The van der Waals surface area contributed by atoms with Gasteiger partial charge in [0, 0.05) is 5.56 Å². The van der Waals surface area contributed by atoms with Gasteiger partial charge < -0.3 is 19.3 Å². The van der Waals surface area contributed by atoms with Crippen LogP contribution in [0, 0.1) is 5.82 Å². The molecule has 0 fully saturated rings. The van der Waals surface area contributed by atoms with E-state index in [0.717, 1.165) is 0 Å². The predicted molar refractivity (Wildman–Crippen MR) is 76.6 cm³/mol. The molecule has 2 rings (SSSR count). The van der Waals surface area contributed by atoms with Crippen LogP contribution in [0.2, 0.25) is 0 Å². The Labute approximate surface area is 122 Å². The monoisotopic (exact) mass is 292 g/mol. The first-order valence-corrected chi connectivity index (χ1v) is 6.34. The lowest BCUT2D eigenvalue weighted by Crippen LogP contribution is -2.04. The van der Waals surface area contributed by atoms with Crippen molar-refractivity contribution >= 4 is 0 Å². The normalized spacial score (nSPS) is 11.9. The Morgan fingerprint density at radius 2 is 1.48 bits per heavy atom. The molecular formula is C16H17FO4. The SMILES string of the molecule is COc1ccc(C(O)c2cc(F)ccc2OC)cc1OC. The second-order valence-corrected chi connectivity index (χ2v) is 4.40. The molecule has 0 aliphatic rings. The summed E-state index contributed by atoms with van der Waals surface area (Å²) in [5.41, 5.74) is 0.904. The summed E-state index contributed by atoms with van der Waals surface area (Å²) in [6, 6.07) is 9.03. The number of hydrogen-bond donors (Lipinski definition) is 1. The molecule has 1 atom stereocenters. The van der Waals surface area contributed by atoms with Crippen LogP contribution in [-0.4, -0.2) is 26.4 Å². The van der Waals surface area contributed by atoms with Crippen molar-refractivity contribution in [3.05, 3.63) is 53.3 Å². The number of hydrogen-bond acceptors (Lipinski definition) is 4. The van der Waals surface area contributed by atoms with E-state index in [4.69, 9.17) is 14.2 Å². The molecule has 112 valence electrons. The molecule has 0 aliphatic carbocycles. The molecule has 0 aliphatic heterocycles. The molecule has 1 N–H and O–H groups in total. The quantitative estimate of drug-likeness (QED) is 0.920. The van der Waals surface area contributed by atoms with Gasteiger partial charge in [-0.25, -0.2) is 4.39 Å². The van der Waals surface area contributed by atoms with Gasteiger partial charge in [-0.3, -0.25) is 0 Å². The largest absolute Gasteiger partial charge is 0.496 e. The van der Waals surface area contributed by atoms with E-state index in [1.54, 1.807) is 18.2 Å². The molecule has 0 bridgehead atoms. The van der Waals surface area contributed by atoms with E-state index in [0.29, 0.717) is 28.4 Å². The Morgan fingerprint density at radius 3 is 2.10 bits per heavy atom. The molecule has 2 aromatic carbocycles. The van der Waals surface area contributed by atoms with E-state index in [1.807, 2.05) is 0 Å². The van der Waals surface area contributed by atoms with E-state index in [1.165, 1.54) is 39.5 Å². The molecule has 0 spiro atoms. The van der Waals surface area contributed by atoms with Gasteiger partial charge in [-0.2, -0.15) is 0 Å². The van der Waals surface area contributed by atoms with Crippen LogP contribution in [0.1, 0.15) is 17.2 Å². The zero-order valence-corrected chi connectivity index (χ0v) is 12.1. The van der Waals surface area contributed by atoms with Crippen LogP contribution in [0.15, 0.2) is 36.4 Å². The molecule has 0 saturated heterocycles. The Kier molecular flexibility index (Phi) is 4.65. The summed E-state index contributed by atoms with van der Waals surface area (Å²) in [6.07, 6.45) is -1.03. The Balaban J connectivity index is 2.44. The molecular weight excluding hydrogens is 275 g/mol. The second-order valence-electron chi connectivity index (χ2n) is 4.40. The average molecular weight is 292 g/mol. The predicted octanol–water partition coefficient (Wildman–Crippen LogP) is 2.93. The molecule has 2 aromatic rings. The van der Waals surface area contributed by atoms with Gasteiger partial charge in [0.2, 0.25) is 0 Å². The first-order valence-electron chi connectivity index (χ1n) is 6.34. The highest BCUT2D eigenvalue weighted by atomic mass is 19.1. The Hall–Kier alpha value is -2.27. The third-order valence-corrected chi connectivity index (χ3v) is 3.21. The van der Waals surface area contributed by atoms with Crippen molar-refractivity contribution in [1.29, 1.82) is 0 Å². The van der Waals surface area contributed by atoms with Crippen molar-refractivity contribution in [3.8, 4) is 17.2 Å².